The molecule has 0 fully saturated rings. The van der Waals surface area contributed by atoms with Crippen molar-refractivity contribution in [1.82, 2.24) is 0 Å². The Morgan fingerprint density at radius 2 is 1.95 bits per heavy atom. The minimum Gasteiger partial charge on any atom is -0.486 e. The summed E-state index contributed by atoms with van der Waals surface area (Å²) < 4.78 is 5.84. The lowest BCUT2D eigenvalue weighted by Gasteiger charge is -2.25. The van der Waals surface area contributed by atoms with E-state index in [1.165, 1.54) is 5.56 Å². The largest absolute Gasteiger partial charge is 0.486 e. The van der Waals surface area contributed by atoms with Crippen molar-refractivity contribution < 1.29 is 9.84 Å². The van der Waals surface area contributed by atoms with E-state index in [0.717, 1.165) is 17.7 Å². The van der Waals surface area contributed by atoms with Crippen LogP contribution in [-0.2, 0) is 5.41 Å². The van der Waals surface area contributed by atoms with Crippen LogP contribution in [0.2, 0.25) is 0 Å². The summed E-state index contributed by atoms with van der Waals surface area (Å²) in [5.74, 6) is 0.802. The zero-order valence-electron chi connectivity index (χ0n) is 12.7. The van der Waals surface area contributed by atoms with Gasteiger partial charge in [0.1, 0.15) is 11.9 Å². The Morgan fingerprint density at radius 3 is 2.37 bits per heavy atom. The molecule has 0 spiro atoms. The molecule has 0 saturated carbocycles. The normalized spacial score (nSPS) is 15.1. The van der Waals surface area contributed by atoms with Gasteiger partial charge in [0, 0.05) is 6.04 Å². The van der Waals surface area contributed by atoms with Crippen molar-refractivity contribution in [1.29, 1.82) is 0 Å². The van der Waals surface area contributed by atoms with Crippen molar-refractivity contribution in [2.24, 2.45) is 5.73 Å². The number of hydrogen-bond acceptors (Lipinski definition) is 3. The average Bonchev–Trinajstić information content (AvgIpc) is 2.35. The van der Waals surface area contributed by atoms with Gasteiger partial charge in [0.15, 0.2) is 0 Å². The molecular weight excluding hydrogens is 238 g/mol. The second-order valence-corrected chi connectivity index (χ2v) is 6.14. The summed E-state index contributed by atoms with van der Waals surface area (Å²) in [6.45, 7) is 10.5. The van der Waals surface area contributed by atoms with Crippen molar-refractivity contribution in [3.8, 4) is 5.75 Å². The first kappa shape index (κ1) is 16.0. The molecule has 0 amide bonds. The van der Waals surface area contributed by atoms with E-state index in [2.05, 4.69) is 32.9 Å². The van der Waals surface area contributed by atoms with E-state index in [0.29, 0.717) is 0 Å². The molecule has 0 heterocycles. The lowest BCUT2D eigenvalue weighted by atomic mass is 9.86. The van der Waals surface area contributed by atoms with Crippen LogP contribution in [-0.4, -0.2) is 23.9 Å². The SMILES string of the molecule is CCC(N)C(CO)Oc1ccc(C(C)(C)C)cc1C. The lowest BCUT2D eigenvalue weighted by Crippen LogP contribution is -2.41. The highest BCUT2D eigenvalue weighted by Gasteiger charge is 2.19. The number of hydrogen-bond donors (Lipinski definition) is 2. The molecule has 0 bridgehead atoms. The van der Waals surface area contributed by atoms with Gasteiger partial charge in [-0.3, -0.25) is 0 Å². The second-order valence-electron chi connectivity index (χ2n) is 6.14. The van der Waals surface area contributed by atoms with Crippen LogP contribution in [0.25, 0.3) is 0 Å². The minimum atomic E-state index is -0.343. The third kappa shape index (κ3) is 4.22. The standard InChI is InChI=1S/C16H27NO2/c1-6-13(17)15(10-18)19-14-8-7-12(9-11(14)2)16(3,4)5/h7-9,13,15,18H,6,10,17H2,1-5H3. The van der Waals surface area contributed by atoms with E-state index in [9.17, 15) is 5.11 Å². The highest BCUT2D eigenvalue weighted by atomic mass is 16.5. The molecule has 1 aromatic rings. The van der Waals surface area contributed by atoms with Crippen LogP contribution >= 0.6 is 0 Å². The summed E-state index contributed by atoms with van der Waals surface area (Å²) in [6, 6.07) is 6.04. The van der Waals surface area contributed by atoms with Gasteiger partial charge in [-0.1, -0.05) is 39.8 Å². The molecule has 108 valence electrons. The first-order valence-electron chi connectivity index (χ1n) is 6.93. The van der Waals surface area contributed by atoms with E-state index in [1.54, 1.807) is 0 Å². The summed E-state index contributed by atoms with van der Waals surface area (Å²) in [6.07, 6.45) is 0.439. The number of aryl methyl sites for hydroxylation is 1. The van der Waals surface area contributed by atoms with E-state index in [-0.39, 0.29) is 24.2 Å². The number of rotatable bonds is 5. The van der Waals surface area contributed by atoms with Crippen LogP contribution < -0.4 is 10.5 Å². The summed E-state index contributed by atoms with van der Waals surface area (Å²) in [5, 5.41) is 9.36. The van der Waals surface area contributed by atoms with Gasteiger partial charge in [-0.25, -0.2) is 0 Å². The van der Waals surface area contributed by atoms with Crippen molar-refractivity contribution >= 4 is 0 Å². The first-order chi connectivity index (χ1) is 8.79. The average molecular weight is 265 g/mol. The molecule has 19 heavy (non-hydrogen) atoms. The third-order valence-corrected chi connectivity index (χ3v) is 3.45. The molecule has 0 aromatic heterocycles. The molecular formula is C16H27NO2. The fraction of sp³-hybridized carbons (Fsp3) is 0.625. The van der Waals surface area contributed by atoms with E-state index in [4.69, 9.17) is 10.5 Å². The molecule has 0 aliphatic heterocycles. The van der Waals surface area contributed by atoms with Crippen LogP contribution in [0.5, 0.6) is 5.75 Å². The molecule has 1 rings (SSSR count). The maximum absolute atomic E-state index is 9.36. The zero-order chi connectivity index (χ0) is 14.6. The highest BCUT2D eigenvalue weighted by molar-refractivity contribution is 5.38. The number of ether oxygens (including phenoxy) is 1. The number of aliphatic hydroxyl groups excluding tert-OH is 1. The topological polar surface area (TPSA) is 55.5 Å². The Labute approximate surface area is 116 Å². The summed E-state index contributed by atoms with van der Waals surface area (Å²) >= 11 is 0. The lowest BCUT2D eigenvalue weighted by molar-refractivity contribution is 0.0926. The quantitative estimate of drug-likeness (QED) is 0.860. The number of aliphatic hydroxyl groups is 1. The third-order valence-electron chi connectivity index (χ3n) is 3.45. The monoisotopic (exact) mass is 265 g/mol. The van der Waals surface area contributed by atoms with Crippen molar-refractivity contribution in [2.45, 2.75) is 58.6 Å². The Kier molecular flexibility index (Phi) is 5.39. The minimum absolute atomic E-state index is 0.0601. The predicted octanol–water partition coefficient (Wildman–Crippen LogP) is 2.77. The van der Waals surface area contributed by atoms with E-state index in [1.807, 2.05) is 19.9 Å². The zero-order valence-corrected chi connectivity index (χ0v) is 12.7. The van der Waals surface area contributed by atoms with Gasteiger partial charge in [0.2, 0.25) is 0 Å². The fourth-order valence-electron chi connectivity index (χ4n) is 1.93. The fourth-order valence-corrected chi connectivity index (χ4v) is 1.93. The molecule has 2 atom stereocenters. The summed E-state index contributed by atoms with van der Waals surface area (Å²) in [4.78, 5) is 0. The van der Waals surface area contributed by atoms with Gasteiger partial charge >= 0.3 is 0 Å². The van der Waals surface area contributed by atoms with Gasteiger partial charge in [-0.05, 0) is 36.0 Å². The first-order valence-corrected chi connectivity index (χ1v) is 6.93. The number of benzene rings is 1. The second kappa shape index (κ2) is 6.40. The van der Waals surface area contributed by atoms with Gasteiger partial charge in [0.25, 0.3) is 0 Å². The van der Waals surface area contributed by atoms with Crippen LogP contribution in [0.15, 0.2) is 18.2 Å². The van der Waals surface area contributed by atoms with Crippen LogP contribution in [0, 0.1) is 6.92 Å². The molecule has 3 N–H and O–H groups in total. The molecule has 0 saturated heterocycles. The predicted molar refractivity (Wildman–Crippen MR) is 79.6 cm³/mol. The van der Waals surface area contributed by atoms with Crippen LogP contribution in [0.4, 0.5) is 0 Å². The van der Waals surface area contributed by atoms with Gasteiger partial charge in [0.05, 0.1) is 6.61 Å². The van der Waals surface area contributed by atoms with E-state index < -0.39 is 0 Å². The van der Waals surface area contributed by atoms with Crippen molar-refractivity contribution in [2.75, 3.05) is 6.61 Å². The Balaban J connectivity index is 2.91. The van der Waals surface area contributed by atoms with E-state index >= 15 is 0 Å². The smallest absolute Gasteiger partial charge is 0.137 e. The molecule has 0 radical (unpaired) electrons. The molecule has 1 aromatic carbocycles. The van der Waals surface area contributed by atoms with Crippen molar-refractivity contribution in [3.05, 3.63) is 29.3 Å². The van der Waals surface area contributed by atoms with Gasteiger partial charge in [-0.15, -0.1) is 0 Å². The molecule has 3 heteroatoms. The van der Waals surface area contributed by atoms with Crippen LogP contribution in [0.1, 0.15) is 45.2 Å². The molecule has 2 unspecified atom stereocenters. The maximum atomic E-state index is 9.36. The van der Waals surface area contributed by atoms with Gasteiger partial charge < -0.3 is 15.6 Å². The summed E-state index contributed by atoms with van der Waals surface area (Å²) in [7, 11) is 0. The Hall–Kier alpha value is -1.06. The van der Waals surface area contributed by atoms with Crippen LogP contribution in [0.3, 0.4) is 0 Å². The molecule has 0 aliphatic carbocycles. The highest BCUT2D eigenvalue weighted by Crippen LogP contribution is 2.28. The number of nitrogens with two attached hydrogens (primary N) is 1. The molecule has 3 nitrogen and oxygen atoms in total. The van der Waals surface area contributed by atoms with Gasteiger partial charge in [-0.2, -0.15) is 0 Å². The summed E-state index contributed by atoms with van der Waals surface area (Å²) in [5.41, 5.74) is 8.42. The van der Waals surface area contributed by atoms with Crippen molar-refractivity contribution in [3.63, 3.8) is 0 Å². The maximum Gasteiger partial charge on any atom is 0.137 e. The Morgan fingerprint density at radius 1 is 1.32 bits per heavy atom. The Bertz CT molecular complexity index is 410. The molecule has 0 aliphatic rings.